The fourth-order valence-electron chi connectivity index (χ4n) is 1.69. The maximum atomic E-state index is 4.44. The second kappa shape index (κ2) is 6.10. The van der Waals surface area contributed by atoms with Crippen molar-refractivity contribution in [2.24, 2.45) is 0 Å². The third-order valence-electron chi connectivity index (χ3n) is 2.70. The predicted octanol–water partition coefficient (Wildman–Crippen LogP) is 2.46. The van der Waals surface area contributed by atoms with Crippen LogP contribution in [0.1, 0.15) is 30.8 Å². The first-order valence-corrected chi connectivity index (χ1v) is 6.31. The summed E-state index contributed by atoms with van der Waals surface area (Å²) in [5, 5.41) is 3.11. The number of nitrogens with one attached hydrogen (secondary N) is 1. The van der Waals surface area contributed by atoms with Gasteiger partial charge in [0.05, 0.1) is 5.69 Å². The van der Waals surface area contributed by atoms with Crippen molar-refractivity contribution in [1.82, 2.24) is 15.0 Å². The van der Waals surface area contributed by atoms with Gasteiger partial charge in [0, 0.05) is 31.1 Å². The van der Waals surface area contributed by atoms with Crippen molar-refractivity contribution >= 4 is 5.95 Å². The lowest BCUT2D eigenvalue weighted by atomic mass is 10.1. The summed E-state index contributed by atoms with van der Waals surface area (Å²) in [6.45, 7) is 4.98. The molecule has 18 heavy (non-hydrogen) atoms. The summed E-state index contributed by atoms with van der Waals surface area (Å²) in [7, 11) is 0. The van der Waals surface area contributed by atoms with Gasteiger partial charge in [0.15, 0.2) is 0 Å². The van der Waals surface area contributed by atoms with Gasteiger partial charge in [-0.2, -0.15) is 0 Å². The van der Waals surface area contributed by atoms with Crippen molar-refractivity contribution in [1.29, 1.82) is 0 Å². The number of pyridine rings is 1. The zero-order chi connectivity index (χ0) is 12.8. The highest BCUT2D eigenvalue weighted by Crippen LogP contribution is 2.08. The molecule has 4 heteroatoms. The standard InChI is InChI=1S/C14H18N4/c1-3-11-5-6-12(17-10-11)9-13-7-8-16-14(18-13)15-4-2/h5-8,10H,3-4,9H2,1-2H3,(H,15,16,18). The van der Waals surface area contributed by atoms with Crippen LogP contribution in [0.25, 0.3) is 0 Å². The molecule has 2 aromatic heterocycles. The van der Waals surface area contributed by atoms with Gasteiger partial charge in [0.2, 0.25) is 5.95 Å². The Kier molecular flexibility index (Phi) is 4.23. The van der Waals surface area contributed by atoms with Crippen LogP contribution in [0.2, 0.25) is 0 Å². The fourth-order valence-corrected chi connectivity index (χ4v) is 1.69. The van der Waals surface area contributed by atoms with Gasteiger partial charge < -0.3 is 5.32 Å². The van der Waals surface area contributed by atoms with Gasteiger partial charge in [0.1, 0.15) is 0 Å². The molecule has 2 aromatic rings. The summed E-state index contributed by atoms with van der Waals surface area (Å²) in [5.41, 5.74) is 3.28. The Morgan fingerprint density at radius 2 is 1.94 bits per heavy atom. The molecule has 0 unspecified atom stereocenters. The lowest BCUT2D eigenvalue weighted by molar-refractivity contribution is 0.966. The summed E-state index contributed by atoms with van der Waals surface area (Å²) in [4.78, 5) is 13.0. The summed E-state index contributed by atoms with van der Waals surface area (Å²) >= 11 is 0. The van der Waals surface area contributed by atoms with Crippen LogP contribution in [-0.2, 0) is 12.8 Å². The molecular formula is C14H18N4. The highest BCUT2D eigenvalue weighted by Gasteiger charge is 2.01. The third-order valence-corrected chi connectivity index (χ3v) is 2.70. The maximum Gasteiger partial charge on any atom is 0.222 e. The van der Waals surface area contributed by atoms with Crippen molar-refractivity contribution < 1.29 is 0 Å². The first-order valence-electron chi connectivity index (χ1n) is 6.31. The second-order valence-corrected chi connectivity index (χ2v) is 4.09. The van der Waals surface area contributed by atoms with Crippen molar-refractivity contribution in [3.63, 3.8) is 0 Å². The van der Waals surface area contributed by atoms with E-state index in [-0.39, 0.29) is 0 Å². The molecule has 4 nitrogen and oxygen atoms in total. The molecule has 0 aromatic carbocycles. The average Bonchev–Trinajstić information content (AvgIpc) is 2.40. The molecule has 2 rings (SSSR count). The maximum absolute atomic E-state index is 4.44. The van der Waals surface area contributed by atoms with Gasteiger partial charge in [-0.05, 0) is 31.0 Å². The van der Waals surface area contributed by atoms with E-state index in [1.807, 2.05) is 19.2 Å². The van der Waals surface area contributed by atoms with Crippen LogP contribution in [0.4, 0.5) is 5.95 Å². The summed E-state index contributed by atoms with van der Waals surface area (Å²) in [6, 6.07) is 6.11. The van der Waals surface area contributed by atoms with Crippen LogP contribution in [0.5, 0.6) is 0 Å². The monoisotopic (exact) mass is 242 g/mol. The zero-order valence-corrected chi connectivity index (χ0v) is 10.8. The van der Waals surface area contributed by atoms with E-state index in [2.05, 4.69) is 39.3 Å². The van der Waals surface area contributed by atoms with Crippen LogP contribution in [0.15, 0.2) is 30.6 Å². The van der Waals surface area contributed by atoms with E-state index in [1.165, 1.54) is 5.56 Å². The minimum absolute atomic E-state index is 0.681. The lowest BCUT2D eigenvalue weighted by Crippen LogP contribution is -2.04. The zero-order valence-electron chi connectivity index (χ0n) is 10.8. The molecule has 0 spiro atoms. The minimum atomic E-state index is 0.681. The van der Waals surface area contributed by atoms with E-state index in [9.17, 15) is 0 Å². The Bertz CT molecular complexity index is 493. The van der Waals surface area contributed by atoms with E-state index in [0.717, 1.165) is 30.8 Å². The van der Waals surface area contributed by atoms with Gasteiger partial charge >= 0.3 is 0 Å². The van der Waals surface area contributed by atoms with E-state index < -0.39 is 0 Å². The third kappa shape index (κ3) is 3.26. The summed E-state index contributed by atoms with van der Waals surface area (Å²) in [5.74, 6) is 0.681. The van der Waals surface area contributed by atoms with Gasteiger partial charge in [0.25, 0.3) is 0 Å². The molecular weight excluding hydrogens is 224 g/mol. The molecule has 0 amide bonds. The molecule has 0 aliphatic carbocycles. The molecule has 0 atom stereocenters. The number of anilines is 1. The molecule has 0 saturated heterocycles. The number of rotatable bonds is 5. The quantitative estimate of drug-likeness (QED) is 0.875. The summed E-state index contributed by atoms with van der Waals surface area (Å²) < 4.78 is 0. The van der Waals surface area contributed by atoms with E-state index in [1.54, 1.807) is 6.20 Å². The van der Waals surface area contributed by atoms with Gasteiger partial charge in [-0.25, -0.2) is 9.97 Å². The highest BCUT2D eigenvalue weighted by molar-refractivity contribution is 5.26. The summed E-state index contributed by atoms with van der Waals surface area (Å²) in [6.07, 6.45) is 5.47. The van der Waals surface area contributed by atoms with Crippen molar-refractivity contribution in [2.75, 3.05) is 11.9 Å². The van der Waals surface area contributed by atoms with E-state index in [0.29, 0.717) is 5.95 Å². The molecule has 94 valence electrons. The molecule has 0 fully saturated rings. The Morgan fingerprint density at radius 1 is 1.06 bits per heavy atom. The van der Waals surface area contributed by atoms with Crippen LogP contribution < -0.4 is 5.32 Å². The normalized spacial score (nSPS) is 10.3. The SMILES string of the molecule is CCNc1nccc(Cc2ccc(CC)cn2)n1. The number of hydrogen-bond donors (Lipinski definition) is 1. The van der Waals surface area contributed by atoms with E-state index >= 15 is 0 Å². The number of hydrogen-bond acceptors (Lipinski definition) is 4. The molecule has 0 radical (unpaired) electrons. The first kappa shape index (κ1) is 12.5. The Morgan fingerprint density at radius 3 is 2.61 bits per heavy atom. The smallest absolute Gasteiger partial charge is 0.222 e. The van der Waals surface area contributed by atoms with Crippen LogP contribution in [0.3, 0.4) is 0 Å². The lowest BCUT2D eigenvalue weighted by Gasteiger charge is -2.04. The van der Waals surface area contributed by atoms with Crippen LogP contribution in [0, 0.1) is 0 Å². The second-order valence-electron chi connectivity index (χ2n) is 4.09. The molecule has 0 bridgehead atoms. The molecule has 0 aliphatic heterocycles. The number of aromatic nitrogens is 3. The topological polar surface area (TPSA) is 50.7 Å². The fraction of sp³-hybridized carbons (Fsp3) is 0.357. The van der Waals surface area contributed by atoms with E-state index in [4.69, 9.17) is 0 Å². The first-order chi connectivity index (χ1) is 8.81. The molecule has 2 heterocycles. The predicted molar refractivity (Wildman–Crippen MR) is 72.6 cm³/mol. The van der Waals surface area contributed by atoms with Crippen LogP contribution in [-0.4, -0.2) is 21.5 Å². The minimum Gasteiger partial charge on any atom is -0.354 e. The number of nitrogens with zero attached hydrogens (tertiary/aromatic N) is 3. The highest BCUT2D eigenvalue weighted by atomic mass is 15.1. The Labute approximate surface area is 108 Å². The van der Waals surface area contributed by atoms with Gasteiger partial charge in [-0.1, -0.05) is 13.0 Å². The van der Waals surface area contributed by atoms with Crippen LogP contribution >= 0.6 is 0 Å². The Balaban J connectivity index is 2.09. The van der Waals surface area contributed by atoms with Crippen molar-refractivity contribution in [2.45, 2.75) is 26.7 Å². The Hall–Kier alpha value is -1.97. The molecule has 0 aliphatic rings. The van der Waals surface area contributed by atoms with Gasteiger partial charge in [-0.3, -0.25) is 4.98 Å². The van der Waals surface area contributed by atoms with Crippen molar-refractivity contribution in [3.05, 3.63) is 47.5 Å². The molecule has 1 N–H and O–H groups in total. The largest absolute Gasteiger partial charge is 0.354 e. The van der Waals surface area contributed by atoms with Gasteiger partial charge in [-0.15, -0.1) is 0 Å². The number of aryl methyl sites for hydroxylation is 1. The molecule has 0 saturated carbocycles. The van der Waals surface area contributed by atoms with Crippen molar-refractivity contribution in [3.8, 4) is 0 Å². The average molecular weight is 242 g/mol.